The molecule has 2 aromatic heterocycles. The predicted molar refractivity (Wildman–Crippen MR) is 74.6 cm³/mol. The standard InChI is InChI=1S/C11H13FN4O2S2/c1-7(13-2)9-6-19-11(15-9)16-20(17,18)10-8(12)4-3-5-14-10/h3-7,13H,1-2H3,(H,15,16). The summed E-state index contributed by atoms with van der Waals surface area (Å²) in [4.78, 5) is 7.68. The lowest BCUT2D eigenvalue weighted by Crippen LogP contribution is -2.16. The van der Waals surface area contributed by atoms with E-state index in [-0.39, 0.29) is 11.2 Å². The summed E-state index contributed by atoms with van der Waals surface area (Å²) in [7, 11) is -2.30. The molecule has 0 spiro atoms. The van der Waals surface area contributed by atoms with Gasteiger partial charge in [-0.15, -0.1) is 11.3 Å². The van der Waals surface area contributed by atoms with Crippen LogP contribution in [0, 0.1) is 5.82 Å². The predicted octanol–water partition coefficient (Wildman–Crippen LogP) is 1.76. The lowest BCUT2D eigenvalue weighted by Gasteiger charge is -2.06. The monoisotopic (exact) mass is 316 g/mol. The maximum absolute atomic E-state index is 13.5. The van der Waals surface area contributed by atoms with Gasteiger partial charge < -0.3 is 5.32 Å². The van der Waals surface area contributed by atoms with Crippen molar-refractivity contribution in [2.24, 2.45) is 0 Å². The van der Waals surface area contributed by atoms with Gasteiger partial charge in [0.1, 0.15) is 0 Å². The Morgan fingerprint density at radius 2 is 2.20 bits per heavy atom. The van der Waals surface area contributed by atoms with Crippen molar-refractivity contribution in [3.8, 4) is 0 Å². The molecule has 2 heterocycles. The Morgan fingerprint density at radius 3 is 2.85 bits per heavy atom. The SMILES string of the molecule is CNC(C)c1csc(NS(=O)(=O)c2ncccc2F)n1. The highest BCUT2D eigenvalue weighted by Gasteiger charge is 2.22. The van der Waals surface area contributed by atoms with Crippen molar-refractivity contribution in [2.45, 2.75) is 18.0 Å². The second kappa shape index (κ2) is 5.81. The van der Waals surface area contributed by atoms with Gasteiger partial charge in [0.15, 0.2) is 10.9 Å². The van der Waals surface area contributed by atoms with Gasteiger partial charge in [-0.05, 0) is 26.1 Å². The van der Waals surface area contributed by atoms with Crippen molar-refractivity contribution < 1.29 is 12.8 Å². The number of nitrogens with one attached hydrogen (secondary N) is 2. The van der Waals surface area contributed by atoms with Crippen LogP contribution in [0.1, 0.15) is 18.7 Å². The number of hydrogen-bond donors (Lipinski definition) is 2. The third kappa shape index (κ3) is 3.11. The first-order chi connectivity index (χ1) is 9.44. The van der Waals surface area contributed by atoms with Crippen LogP contribution in [0.3, 0.4) is 0 Å². The number of nitrogens with zero attached hydrogens (tertiary/aromatic N) is 2. The van der Waals surface area contributed by atoms with Crippen LogP contribution in [-0.4, -0.2) is 25.4 Å². The maximum atomic E-state index is 13.5. The molecule has 1 atom stereocenters. The van der Waals surface area contributed by atoms with Gasteiger partial charge in [-0.3, -0.25) is 4.72 Å². The molecule has 0 amide bonds. The first-order valence-corrected chi connectivity index (χ1v) is 8.06. The maximum Gasteiger partial charge on any atom is 0.284 e. The second-order valence-corrected chi connectivity index (χ2v) is 6.44. The van der Waals surface area contributed by atoms with E-state index in [4.69, 9.17) is 0 Å². The summed E-state index contributed by atoms with van der Waals surface area (Å²) in [6.07, 6.45) is 1.22. The largest absolute Gasteiger partial charge is 0.312 e. The lowest BCUT2D eigenvalue weighted by atomic mass is 10.3. The Labute approximate surface area is 120 Å². The zero-order chi connectivity index (χ0) is 14.8. The van der Waals surface area contributed by atoms with E-state index in [0.717, 1.165) is 17.4 Å². The molecule has 0 aliphatic heterocycles. The highest BCUT2D eigenvalue weighted by atomic mass is 32.2. The van der Waals surface area contributed by atoms with Crippen LogP contribution >= 0.6 is 11.3 Å². The highest BCUT2D eigenvalue weighted by molar-refractivity contribution is 7.92. The van der Waals surface area contributed by atoms with Gasteiger partial charge in [-0.2, -0.15) is 8.42 Å². The Hall–Kier alpha value is -1.58. The summed E-state index contributed by atoms with van der Waals surface area (Å²) >= 11 is 1.13. The van der Waals surface area contributed by atoms with Gasteiger partial charge in [0.25, 0.3) is 10.0 Å². The van der Waals surface area contributed by atoms with Gasteiger partial charge in [-0.25, -0.2) is 14.4 Å². The fraction of sp³-hybridized carbons (Fsp3) is 0.273. The van der Waals surface area contributed by atoms with Crippen molar-refractivity contribution in [3.63, 3.8) is 0 Å². The van der Waals surface area contributed by atoms with Crippen molar-refractivity contribution in [1.82, 2.24) is 15.3 Å². The van der Waals surface area contributed by atoms with E-state index in [1.165, 1.54) is 12.3 Å². The van der Waals surface area contributed by atoms with Crippen LogP contribution in [-0.2, 0) is 10.0 Å². The van der Waals surface area contributed by atoms with Crippen LogP contribution in [0.25, 0.3) is 0 Å². The minimum absolute atomic E-state index is 0.00362. The molecule has 0 saturated carbocycles. The van der Waals surface area contributed by atoms with Gasteiger partial charge >= 0.3 is 0 Å². The van der Waals surface area contributed by atoms with Crippen LogP contribution in [0.15, 0.2) is 28.7 Å². The molecule has 0 fully saturated rings. The van der Waals surface area contributed by atoms with Crippen LogP contribution in [0.2, 0.25) is 0 Å². The zero-order valence-electron chi connectivity index (χ0n) is 10.8. The molecule has 108 valence electrons. The molecule has 20 heavy (non-hydrogen) atoms. The quantitative estimate of drug-likeness (QED) is 0.878. The smallest absolute Gasteiger partial charge is 0.284 e. The van der Waals surface area contributed by atoms with Crippen LogP contribution in [0.4, 0.5) is 9.52 Å². The third-order valence-electron chi connectivity index (χ3n) is 2.60. The number of aromatic nitrogens is 2. The Bertz CT molecular complexity index is 702. The van der Waals surface area contributed by atoms with Crippen molar-refractivity contribution in [3.05, 3.63) is 35.2 Å². The molecule has 2 N–H and O–H groups in total. The minimum Gasteiger partial charge on any atom is -0.312 e. The van der Waals surface area contributed by atoms with E-state index in [2.05, 4.69) is 20.0 Å². The van der Waals surface area contributed by atoms with E-state index in [1.807, 2.05) is 6.92 Å². The van der Waals surface area contributed by atoms with E-state index in [1.54, 1.807) is 12.4 Å². The van der Waals surface area contributed by atoms with Crippen molar-refractivity contribution in [1.29, 1.82) is 0 Å². The molecule has 0 radical (unpaired) electrons. The normalized spacial score (nSPS) is 13.2. The van der Waals surface area contributed by atoms with Crippen molar-refractivity contribution in [2.75, 3.05) is 11.8 Å². The molecule has 2 aromatic rings. The molecule has 0 saturated heterocycles. The highest BCUT2D eigenvalue weighted by Crippen LogP contribution is 2.23. The number of halogens is 1. The first kappa shape index (κ1) is 14.8. The molecular formula is C11H13FN4O2S2. The zero-order valence-corrected chi connectivity index (χ0v) is 12.4. The molecule has 0 aliphatic rings. The number of thiazole rings is 1. The number of hydrogen-bond acceptors (Lipinski definition) is 6. The summed E-state index contributed by atoms with van der Waals surface area (Å²) in [6, 6.07) is 2.36. The molecule has 0 bridgehead atoms. The Kier molecular flexibility index (Phi) is 4.31. The van der Waals surface area contributed by atoms with E-state index in [9.17, 15) is 12.8 Å². The first-order valence-electron chi connectivity index (χ1n) is 5.70. The van der Waals surface area contributed by atoms with Crippen molar-refractivity contribution >= 4 is 26.5 Å². The summed E-state index contributed by atoms with van der Waals surface area (Å²) in [5, 5.41) is 4.26. The molecule has 1 unspecified atom stereocenters. The average Bonchev–Trinajstić information content (AvgIpc) is 2.85. The summed E-state index contributed by atoms with van der Waals surface area (Å²) in [5.74, 6) is -0.902. The molecule has 6 nitrogen and oxygen atoms in total. The van der Waals surface area contributed by atoms with Crippen LogP contribution in [0.5, 0.6) is 0 Å². The number of sulfonamides is 1. The Balaban J connectivity index is 2.25. The number of anilines is 1. The fourth-order valence-corrected chi connectivity index (χ4v) is 3.48. The van der Waals surface area contributed by atoms with E-state index in [0.29, 0.717) is 5.69 Å². The molecule has 9 heteroatoms. The molecule has 0 aromatic carbocycles. The summed E-state index contributed by atoms with van der Waals surface area (Å²) < 4.78 is 39.7. The van der Waals surface area contributed by atoms with Crippen LogP contribution < -0.4 is 10.0 Å². The molecular weight excluding hydrogens is 303 g/mol. The van der Waals surface area contributed by atoms with Gasteiger partial charge in [-0.1, -0.05) is 0 Å². The Morgan fingerprint density at radius 1 is 1.45 bits per heavy atom. The van der Waals surface area contributed by atoms with Gasteiger partial charge in [0.05, 0.1) is 5.69 Å². The summed E-state index contributed by atoms with van der Waals surface area (Å²) in [5.41, 5.74) is 0.705. The second-order valence-electron chi connectivity index (χ2n) is 3.98. The fourth-order valence-electron chi connectivity index (χ4n) is 1.41. The topological polar surface area (TPSA) is 84.0 Å². The summed E-state index contributed by atoms with van der Waals surface area (Å²) in [6.45, 7) is 1.89. The van der Waals surface area contributed by atoms with Gasteiger partial charge in [0, 0.05) is 17.6 Å². The lowest BCUT2D eigenvalue weighted by molar-refractivity contribution is 0.556. The molecule has 0 aliphatic carbocycles. The molecule has 2 rings (SSSR count). The third-order valence-corrected chi connectivity index (χ3v) is 4.78. The number of rotatable bonds is 5. The average molecular weight is 316 g/mol. The van der Waals surface area contributed by atoms with E-state index < -0.39 is 20.9 Å². The minimum atomic E-state index is -4.07. The number of pyridine rings is 1. The van der Waals surface area contributed by atoms with E-state index >= 15 is 0 Å². The van der Waals surface area contributed by atoms with Gasteiger partial charge in [0.2, 0.25) is 5.03 Å².